The molecule has 0 aliphatic carbocycles. The van der Waals surface area contributed by atoms with E-state index in [0.29, 0.717) is 0 Å². The lowest BCUT2D eigenvalue weighted by molar-refractivity contribution is 0.411. The Morgan fingerprint density at radius 3 is 2.45 bits per heavy atom. The molecular weight excluding hydrogens is 350 g/mol. The number of hydrogen-bond donors (Lipinski definition) is 0. The molecule has 1 unspecified atom stereocenters. The molecule has 0 aromatic heterocycles. The Hall–Kier alpha value is -1.13. The first-order chi connectivity index (χ1) is 9.43. The van der Waals surface area contributed by atoms with E-state index in [4.69, 9.17) is 16.3 Å². The number of benzene rings is 2. The fraction of sp³-hybridized carbons (Fsp3) is 0.200. The van der Waals surface area contributed by atoms with Crippen molar-refractivity contribution >= 4 is 27.5 Å². The summed E-state index contributed by atoms with van der Waals surface area (Å²) in [5.41, 5.74) is 1.93. The molecule has 5 heteroatoms. The standard InChI is InChI=1S/C15H12BrClF2O/c1-8-5-9(3-4-14(8)20-2)15(16)10-6-13(19)11(17)7-12(10)18/h3-7,15H,1-2H3. The van der Waals surface area contributed by atoms with Crippen LogP contribution in [0.25, 0.3) is 0 Å². The minimum Gasteiger partial charge on any atom is -0.496 e. The lowest BCUT2D eigenvalue weighted by atomic mass is 10.0. The van der Waals surface area contributed by atoms with E-state index in [1.54, 1.807) is 19.2 Å². The van der Waals surface area contributed by atoms with Gasteiger partial charge in [-0.25, -0.2) is 8.78 Å². The number of alkyl halides is 1. The highest BCUT2D eigenvalue weighted by molar-refractivity contribution is 9.09. The van der Waals surface area contributed by atoms with Crippen molar-refractivity contribution in [1.82, 2.24) is 0 Å². The molecule has 20 heavy (non-hydrogen) atoms. The van der Waals surface area contributed by atoms with Crippen LogP contribution >= 0.6 is 27.5 Å². The van der Waals surface area contributed by atoms with Crippen molar-refractivity contribution < 1.29 is 13.5 Å². The third kappa shape index (κ3) is 2.96. The molecule has 1 nitrogen and oxygen atoms in total. The molecule has 2 aromatic carbocycles. The van der Waals surface area contributed by atoms with E-state index < -0.39 is 16.5 Å². The summed E-state index contributed by atoms with van der Waals surface area (Å²) in [4.78, 5) is -0.459. The van der Waals surface area contributed by atoms with Gasteiger partial charge in [-0.05, 0) is 36.2 Å². The van der Waals surface area contributed by atoms with E-state index >= 15 is 0 Å². The predicted octanol–water partition coefficient (Wildman–Crippen LogP) is 5.42. The Labute approximate surface area is 129 Å². The Morgan fingerprint density at radius 1 is 1.15 bits per heavy atom. The molecule has 2 aromatic rings. The van der Waals surface area contributed by atoms with Gasteiger partial charge >= 0.3 is 0 Å². The Morgan fingerprint density at radius 2 is 1.85 bits per heavy atom. The van der Waals surface area contributed by atoms with E-state index in [1.165, 1.54) is 0 Å². The van der Waals surface area contributed by atoms with Crippen molar-refractivity contribution in [1.29, 1.82) is 0 Å². The van der Waals surface area contributed by atoms with Gasteiger partial charge in [0, 0.05) is 5.56 Å². The summed E-state index contributed by atoms with van der Waals surface area (Å²) >= 11 is 8.95. The summed E-state index contributed by atoms with van der Waals surface area (Å²) in [6.07, 6.45) is 0. The molecule has 0 amide bonds. The van der Waals surface area contributed by atoms with Crippen molar-refractivity contribution in [2.24, 2.45) is 0 Å². The van der Waals surface area contributed by atoms with Crippen molar-refractivity contribution in [3.8, 4) is 5.75 Å². The highest BCUT2D eigenvalue weighted by Crippen LogP contribution is 2.36. The summed E-state index contributed by atoms with van der Waals surface area (Å²) in [6, 6.07) is 7.55. The maximum absolute atomic E-state index is 13.9. The van der Waals surface area contributed by atoms with Crippen LogP contribution in [0.1, 0.15) is 21.5 Å². The molecule has 0 spiro atoms. The van der Waals surface area contributed by atoms with E-state index in [-0.39, 0.29) is 10.6 Å². The van der Waals surface area contributed by atoms with Gasteiger partial charge in [0.15, 0.2) is 0 Å². The Balaban J connectivity index is 2.43. The second-order valence-corrected chi connectivity index (χ2v) is 5.70. The minimum atomic E-state index is -0.641. The molecule has 2 rings (SSSR count). The van der Waals surface area contributed by atoms with Gasteiger partial charge in [-0.2, -0.15) is 0 Å². The number of hydrogen-bond acceptors (Lipinski definition) is 1. The van der Waals surface area contributed by atoms with Gasteiger partial charge in [-0.3, -0.25) is 0 Å². The topological polar surface area (TPSA) is 9.23 Å². The normalized spacial score (nSPS) is 12.3. The molecule has 0 saturated heterocycles. The summed E-state index contributed by atoms with van der Waals surface area (Å²) in [7, 11) is 1.59. The SMILES string of the molecule is COc1ccc(C(Br)c2cc(F)c(Cl)cc2F)cc1C. The number of rotatable bonds is 3. The van der Waals surface area contributed by atoms with Crippen LogP contribution in [0.5, 0.6) is 5.75 Å². The zero-order valence-electron chi connectivity index (χ0n) is 10.9. The molecule has 0 aliphatic heterocycles. The van der Waals surface area contributed by atoms with Crippen molar-refractivity contribution in [3.63, 3.8) is 0 Å². The number of methoxy groups -OCH3 is 1. The summed E-state index contributed by atoms with van der Waals surface area (Å²) < 4.78 is 32.6. The first-order valence-corrected chi connectivity index (χ1v) is 7.16. The first kappa shape index (κ1) is 15.3. The van der Waals surface area contributed by atoms with Gasteiger partial charge in [0.05, 0.1) is 17.0 Å². The average Bonchev–Trinajstić information content (AvgIpc) is 2.42. The molecular formula is C15H12BrClF2O. The lowest BCUT2D eigenvalue weighted by Crippen LogP contribution is -1.99. The molecule has 0 bridgehead atoms. The maximum Gasteiger partial charge on any atom is 0.142 e. The summed E-state index contributed by atoms with van der Waals surface area (Å²) in [5, 5.41) is -0.225. The molecule has 0 heterocycles. The molecule has 1 atom stereocenters. The van der Waals surface area contributed by atoms with Crippen LogP contribution in [0.15, 0.2) is 30.3 Å². The lowest BCUT2D eigenvalue weighted by Gasteiger charge is -2.14. The first-order valence-electron chi connectivity index (χ1n) is 5.87. The van der Waals surface area contributed by atoms with Gasteiger partial charge < -0.3 is 4.74 Å². The molecule has 106 valence electrons. The monoisotopic (exact) mass is 360 g/mol. The Bertz CT molecular complexity index is 646. The van der Waals surface area contributed by atoms with Crippen LogP contribution in [-0.2, 0) is 0 Å². The van der Waals surface area contributed by atoms with E-state index in [2.05, 4.69) is 15.9 Å². The van der Waals surface area contributed by atoms with Gasteiger partial charge in [0.25, 0.3) is 0 Å². The van der Waals surface area contributed by atoms with E-state index in [0.717, 1.165) is 29.0 Å². The van der Waals surface area contributed by atoms with Crippen molar-refractivity contribution in [2.75, 3.05) is 7.11 Å². The van der Waals surface area contributed by atoms with Gasteiger partial charge in [-0.1, -0.05) is 39.7 Å². The zero-order valence-corrected chi connectivity index (χ0v) is 13.2. The Kier molecular flexibility index (Phi) is 4.66. The second-order valence-electron chi connectivity index (χ2n) is 4.38. The molecule has 0 N–H and O–H groups in total. The highest BCUT2D eigenvalue weighted by Gasteiger charge is 2.18. The van der Waals surface area contributed by atoms with E-state index in [9.17, 15) is 8.78 Å². The average molecular weight is 362 g/mol. The number of aryl methyl sites for hydroxylation is 1. The van der Waals surface area contributed by atoms with Crippen LogP contribution in [0.3, 0.4) is 0 Å². The van der Waals surface area contributed by atoms with E-state index in [1.807, 2.05) is 13.0 Å². The minimum absolute atomic E-state index is 0.205. The van der Waals surface area contributed by atoms with Gasteiger partial charge in [0.1, 0.15) is 17.4 Å². The zero-order chi connectivity index (χ0) is 14.9. The summed E-state index contributed by atoms with van der Waals surface area (Å²) in [6.45, 7) is 1.89. The van der Waals surface area contributed by atoms with Crippen LogP contribution in [-0.4, -0.2) is 7.11 Å². The molecule has 0 radical (unpaired) electrons. The van der Waals surface area contributed by atoms with Crippen molar-refractivity contribution in [2.45, 2.75) is 11.8 Å². The number of halogens is 4. The predicted molar refractivity (Wildman–Crippen MR) is 79.9 cm³/mol. The quantitative estimate of drug-likeness (QED) is 0.524. The second kappa shape index (κ2) is 6.10. The third-order valence-corrected chi connectivity index (χ3v) is 4.34. The molecule has 0 aliphatic rings. The fourth-order valence-corrected chi connectivity index (χ4v) is 2.76. The molecule has 0 saturated carbocycles. The van der Waals surface area contributed by atoms with Crippen LogP contribution < -0.4 is 4.74 Å². The van der Waals surface area contributed by atoms with Gasteiger partial charge in [0.2, 0.25) is 0 Å². The van der Waals surface area contributed by atoms with Crippen LogP contribution in [0.2, 0.25) is 5.02 Å². The van der Waals surface area contributed by atoms with Crippen LogP contribution in [0, 0.1) is 18.6 Å². The fourth-order valence-electron chi connectivity index (χ4n) is 1.97. The number of ether oxygens (including phenoxy) is 1. The van der Waals surface area contributed by atoms with Crippen LogP contribution in [0.4, 0.5) is 8.78 Å². The summed E-state index contributed by atoms with van der Waals surface area (Å²) in [5.74, 6) is -0.444. The largest absolute Gasteiger partial charge is 0.496 e. The van der Waals surface area contributed by atoms with Crippen molar-refractivity contribution in [3.05, 3.63) is 63.7 Å². The highest BCUT2D eigenvalue weighted by atomic mass is 79.9. The molecule has 0 fully saturated rings. The smallest absolute Gasteiger partial charge is 0.142 e. The van der Waals surface area contributed by atoms with Gasteiger partial charge in [-0.15, -0.1) is 0 Å². The maximum atomic E-state index is 13.9. The third-order valence-electron chi connectivity index (χ3n) is 3.02.